The molecule has 0 saturated heterocycles. The van der Waals surface area contributed by atoms with E-state index in [4.69, 9.17) is 4.98 Å². The van der Waals surface area contributed by atoms with Crippen molar-refractivity contribution in [3.05, 3.63) is 30.1 Å². The van der Waals surface area contributed by atoms with Crippen LogP contribution in [0.2, 0.25) is 0 Å². The third kappa shape index (κ3) is 3.92. The molecule has 1 aromatic heterocycles. The van der Waals surface area contributed by atoms with Crippen LogP contribution in [0.15, 0.2) is 24.3 Å². The molecule has 124 valence electrons. The van der Waals surface area contributed by atoms with E-state index in [1.54, 1.807) is 0 Å². The molecule has 1 saturated carbocycles. The summed E-state index contributed by atoms with van der Waals surface area (Å²) in [6.45, 7) is 4.37. The summed E-state index contributed by atoms with van der Waals surface area (Å²) in [6, 6.07) is 8.00. The van der Waals surface area contributed by atoms with Gasteiger partial charge in [-0.2, -0.15) is 0 Å². The fourth-order valence-electron chi connectivity index (χ4n) is 3.50. The van der Waals surface area contributed by atoms with E-state index in [1.807, 2.05) is 24.3 Å². The SMILES string of the molecule is CC(C)CC(NC(=O)C1CCCCC1)c1nc2ccccc2[nH]1. The fraction of sp³-hybridized carbons (Fsp3) is 0.579. The molecule has 0 spiro atoms. The Balaban J connectivity index is 1.77. The van der Waals surface area contributed by atoms with Crippen LogP contribution < -0.4 is 5.32 Å². The van der Waals surface area contributed by atoms with Gasteiger partial charge >= 0.3 is 0 Å². The zero-order valence-corrected chi connectivity index (χ0v) is 14.1. The van der Waals surface area contributed by atoms with Gasteiger partial charge in [0.05, 0.1) is 17.1 Å². The van der Waals surface area contributed by atoms with Crippen LogP contribution in [0.25, 0.3) is 11.0 Å². The van der Waals surface area contributed by atoms with Crippen molar-refractivity contribution in [1.82, 2.24) is 15.3 Å². The number of carbonyl (C=O) groups excluding carboxylic acids is 1. The number of aromatic nitrogens is 2. The van der Waals surface area contributed by atoms with Crippen LogP contribution in [0.1, 0.15) is 64.2 Å². The van der Waals surface area contributed by atoms with Crippen LogP contribution in [-0.2, 0) is 4.79 Å². The van der Waals surface area contributed by atoms with Gasteiger partial charge in [0.15, 0.2) is 0 Å². The highest BCUT2D eigenvalue weighted by atomic mass is 16.1. The molecule has 4 heteroatoms. The van der Waals surface area contributed by atoms with Gasteiger partial charge in [0.25, 0.3) is 0 Å². The van der Waals surface area contributed by atoms with Gasteiger partial charge < -0.3 is 10.3 Å². The third-order valence-electron chi connectivity index (χ3n) is 4.74. The summed E-state index contributed by atoms with van der Waals surface area (Å²) in [5.41, 5.74) is 1.99. The quantitative estimate of drug-likeness (QED) is 0.862. The number of hydrogen-bond donors (Lipinski definition) is 2. The van der Waals surface area contributed by atoms with E-state index in [-0.39, 0.29) is 17.9 Å². The first-order valence-corrected chi connectivity index (χ1v) is 8.88. The van der Waals surface area contributed by atoms with Crippen LogP contribution >= 0.6 is 0 Å². The van der Waals surface area contributed by atoms with Gasteiger partial charge in [0.2, 0.25) is 5.91 Å². The summed E-state index contributed by atoms with van der Waals surface area (Å²) >= 11 is 0. The van der Waals surface area contributed by atoms with Crippen LogP contribution in [0.4, 0.5) is 0 Å². The van der Waals surface area contributed by atoms with Crippen molar-refractivity contribution in [2.45, 2.75) is 58.4 Å². The number of H-pyrrole nitrogens is 1. The molecule has 1 aliphatic rings. The van der Waals surface area contributed by atoms with E-state index in [9.17, 15) is 4.79 Å². The molecule has 4 nitrogen and oxygen atoms in total. The Morgan fingerprint density at radius 2 is 2.00 bits per heavy atom. The minimum Gasteiger partial charge on any atom is -0.346 e. The number of aromatic amines is 1. The van der Waals surface area contributed by atoms with Crippen molar-refractivity contribution < 1.29 is 4.79 Å². The Morgan fingerprint density at radius 1 is 1.26 bits per heavy atom. The molecule has 2 aromatic rings. The van der Waals surface area contributed by atoms with E-state index < -0.39 is 0 Å². The molecule has 23 heavy (non-hydrogen) atoms. The number of para-hydroxylation sites is 2. The van der Waals surface area contributed by atoms with Gasteiger partial charge in [0, 0.05) is 5.92 Å². The molecule has 3 rings (SSSR count). The first-order chi connectivity index (χ1) is 11.1. The normalized spacial score (nSPS) is 17.5. The molecule has 1 heterocycles. The lowest BCUT2D eigenvalue weighted by Gasteiger charge is -2.25. The Labute approximate surface area is 138 Å². The first-order valence-electron chi connectivity index (χ1n) is 8.88. The van der Waals surface area contributed by atoms with E-state index in [2.05, 4.69) is 24.1 Å². The monoisotopic (exact) mass is 313 g/mol. The minimum absolute atomic E-state index is 0.0307. The minimum atomic E-state index is -0.0307. The summed E-state index contributed by atoms with van der Waals surface area (Å²) in [6.07, 6.45) is 6.58. The van der Waals surface area contributed by atoms with Gasteiger partial charge in [-0.1, -0.05) is 45.2 Å². The number of nitrogens with one attached hydrogen (secondary N) is 2. The molecule has 1 aliphatic carbocycles. The molecule has 1 aromatic carbocycles. The second kappa shape index (κ2) is 7.16. The van der Waals surface area contributed by atoms with Gasteiger partial charge in [-0.25, -0.2) is 4.98 Å². The van der Waals surface area contributed by atoms with Crippen LogP contribution in [-0.4, -0.2) is 15.9 Å². The number of amides is 1. The van der Waals surface area contributed by atoms with Crippen LogP contribution in [0, 0.1) is 11.8 Å². The summed E-state index contributed by atoms with van der Waals surface area (Å²) in [4.78, 5) is 20.7. The predicted molar refractivity (Wildman–Crippen MR) is 93.0 cm³/mol. The third-order valence-corrected chi connectivity index (χ3v) is 4.74. The lowest BCUT2D eigenvalue weighted by molar-refractivity contribution is -0.126. The smallest absolute Gasteiger partial charge is 0.223 e. The van der Waals surface area contributed by atoms with Gasteiger partial charge in [-0.05, 0) is 37.3 Å². The zero-order valence-electron chi connectivity index (χ0n) is 14.1. The van der Waals surface area contributed by atoms with E-state index in [1.165, 1.54) is 19.3 Å². The molecular formula is C19H27N3O. The zero-order chi connectivity index (χ0) is 16.2. The van der Waals surface area contributed by atoms with Crippen molar-refractivity contribution in [1.29, 1.82) is 0 Å². The van der Waals surface area contributed by atoms with Gasteiger partial charge in [-0.3, -0.25) is 4.79 Å². The van der Waals surface area contributed by atoms with Crippen molar-refractivity contribution >= 4 is 16.9 Å². The van der Waals surface area contributed by atoms with Crippen molar-refractivity contribution in [3.8, 4) is 0 Å². The number of imidazole rings is 1. The summed E-state index contributed by atoms with van der Waals surface area (Å²) in [5.74, 6) is 1.77. The fourth-order valence-corrected chi connectivity index (χ4v) is 3.50. The van der Waals surface area contributed by atoms with Crippen LogP contribution in [0.3, 0.4) is 0 Å². The number of fused-ring (bicyclic) bond motifs is 1. The Hall–Kier alpha value is -1.84. The number of rotatable bonds is 5. The summed E-state index contributed by atoms with van der Waals surface area (Å²) < 4.78 is 0. The standard InChI is InChI=1S/C19H27N3O/c1-13(2)12-17(22-19(23)14-8-4-3-5-9-14)18-20-15-10-6-7-11-16(15)21-18/h6-7,10-11,13-14,17H,3-5,8-9,12H2,1-2H3,(H,20,21)(H,22,23). The summed E-state index contributed by atoms with van der Waals surface area (Å²) in [5, 5.41) is 3.26. The summed E-state index contributed by atoms with van der Waals surface area (Å²) in [7, 11) is 0. The maximum atomic E-state index is 12.6. The van der Waals surface area contributed by atoms with Crippen LogP contribution in [0.5, 0.6) is 0 Å². The second-order valence-corrected chi connectivity index (χ2v) is 7.16. The van der Waals surface area contributed by atoms with E-state index in [0.29, 0.717) is 5.92 Å². The molecule has 1 fully saturated rings. The molecule has 1 unspecified atom stereocenters. The number of nitrogens with zero attached hydrogens (tertiary/aromatic N) is 1. The first kappa shape index (κ1) is 16.0. The number of hydrogen-bond acceptors (Lipinski definition) is 2. The maximum absolute atomic E-state index is 12.6. The molecule has 2 N–H and O–H groups in total. The number of carbonyl (C=O) groups is 1. The lowest BCUT2D eigenvalue weighted by Crippen LogP contribution is -2.36. The average molecular weight is 313 g/mol. The van der Waals surface area contributed by atoms with Gasteiger partial charge in [-0.15, -0.1) is 0 Å². The Kier molecular flexibility index (Phi) is 4.99. The molecule has 0 bridgehead atoms. The highest BCUT2D eigenvalue weighted by Gasteiger charge is 2.25. The number of benzene rings is 1. The lowest BCUT2D eigenvalue weighted by atomic mass is 9.88. The predicted octanol–water partition coefficient (Wildman–Crippen LogP) is 4.35. The van der Waals surface area contributed by atoms with Crippen molar-refractivity contribution in [3.63, 3.8) is 0 Å². The van der Waals surface area contributed by atoms with Crippen molar-refractivity contribution in [2.24, 2.45) is 11.8 Å². The molecular weight excluding hydrogens is 286 g/mol. The maximum Gasteiger partial charge on any atom is 0.223 e. The van der Waals surface area contributed by atoms with E-state index >= 15 is 0 Å². The molecule has 1 atom stereocenters. The molecule has 0 aliphatic heterocycles. The average Bonchev–Trinajstić information content (AvgIpc) is 2.98. The Morgan fingerprint density at radius 3 is 2.70 bits per heavy atom. The molecule has 0 radical (unpaired) electrons. The largest absolute Gasteiger partial charge is 0.346 e. The second-order valence-electron chi connectivity index (χ2n) is 7.16. The molecule has 1 amide bonds. The topological polar surface area (TPSA) is 57.8 Å². The highest BCUT2D eigenvalue weighted by Crippen LogP contribution is 2.26. The van der Waals surface area contributed by atoms with E-state index in [0.717, 1.165) is 36.1 Å². The van der Waals surface area contributed by atoms with Gasteiger partial charge in [0.1, 0.15) is 5.82 Å². The van der Waals surface area contributed by atoms with Crippen molar-refractivity contribution in [2.75, 3.05) is 0 Å². The highest BCUT2D eigenvalue weighted by molar-refractivity contribution is 5.79. The Bertz CT molecular complexity index is 622.